The molecule has 0 aliphatic carbocycles. The fraction of sp³-hybridized carbons (Fsp3) is 0.316. The average molecular weight is 370 g/mol. The number of benzene rings is 1. The summed E-state index contributed by atoms with van der Waals surface area (Å²) in [5.41, 5.74) is 3.62. The second kappa shape index (κ2) is 8.13. The first-order chi connectivity index (χ1) is 13.0. The van der Waals surface area contributed by atoms with Crippen molar-refractivity contribution in [3.05, 3.63) is 47.0 Å². The molecule has 8 heteroatoms. The third-order valence-electron chi connectivity index (χ3n) is 4.17. The Kier molecular flexibility index (Phi) is 5.66. The van der Waals surface area contributed by atoms with Crippen molar-refractivity contribution in [2.75, 3.05) is 38.4 Å². The number of likely N-dealkylation sites (N-methyl/N-ethyl adjacent to an activating group) is 1. The lowest BCUT2D eigenvalue weighted by Crippen LogP contribution is -2.12. The highest BCUT2D eigenvalue weighted by Gasteiger charge is 2.21. The summed E-state index contributed by atoms with van der Waals surface area (Å²) >= 11 is 0. The van der Waals surface area contributed by atoms with Gasteiger partial charge >= 0.3 is 0 Å². The molecule has 0 radical (unpaired) electrons. The first-order valence-corrected chi connectivity index (χ1v) is 8.62. The number of nitrogens with one attached hydrogen (secondary N) is 3. The van der Waals surface area contributed by atoms with E-state index in [4.69, 9.17) is 4.74 Å². The van der Waals surface area contributed by atoms with E-state index in [1.807, 2.05) is 31.2 Å². The van der Waals surface area contributed by atoms with Gasteiger partial charge in [0.15, 0.2) is 0 Å². The van der Waals surface area contributed by atoms with E-state index in [1.165, 1.54) is 0 Å². The lowest BCUT2D eigenvalue weighted by Gasteiger charge is -2.13. The SMILES string of the molecule is CNCC1=C(F)N=C(c2cc(Nc3nc(C)cc(NC)n3)ccc2OC)C1. The van der Waals surface area contributed by atoms with Gasteiger partial charge in [0.25, 0.3) is 0 Å². The van der Waals surface area contributed by atoms with Crippen LogP contribution in [0.15, 0.2) is 40.8 Å². The molecule has 0 amide bonds. The minimum absolute atomic E-state index is 0.430. The molecule has 0 atom stereocenters. The monoisotopic (exact) mass is 370 g/mol. The first kappa shape index (κ1) is 18.8. The number of methoxy groups -OCH3 is 1. The minimum atomic E-state index is -0.430. The molecule has 0 saturated carbocycles. The summed E-state index contributed by atoms with van der Waals surface area (Å²) in [6.07, 6.45) is 0.442. The largest absolute Gasteiger partial charge is 0.496 e. The van der Waals surface area contributed by atoms with Crippen LogP contribution >= 0.6 is 0 Å². The second-order valence-corrected chi connectivity index (χ2v) is 6.17. The maximum atomic E-state index is 14.1. The van der Waals surface area contributed by atoms with Crippen LogP contribution in [0.4, 0.5) is 21.8 Å². The molecule has 2 heterocycles. The van der Waals surface area contributed by atoms with Crippen LogP contribution in [0.1, 0.15) is 17.7 Å². The van der Waals surface area contributed by atoms with Gasteiger partial charge in [-0.3, -0.25) is 0 Å². The maximum Gasteiger partial charge on any atom is 0.229 e. The Balaban J connectivity index is 1.89. The molecule has 3 rings (SSSR count). The molecular weight excluding hydrogens is 347 g/mol. The molecule has 27 heavy (non-hydrogen) atoms. The van der Waals surface area contributed by atoms with Crippen molar-refractivity contribution in [2.45, 2.75) is 13.3 Å². The van der Waals surface area contributed by atoms with Gasteiger partial charge in [-0.15, -0.1) is 0 Å². The molecular formula is C19H23FN6O. The molecule has 1 aliphatic heterocycles. The fourth-order valence-electron chi connectivity index (χ4n) is 2.91. The van der Waals surface area contributed by atoms with E-state index in [1.54, 1.807) is 21.2 Å². The molecule has 1 aliphatic rings. The number of anilines is 3. The molecule has 0 fully saturated rings. The number of nitrogens with zero attached hydrogens (tertiary/aromatic N) is 3. The van der Waals surface area contributed by atoms with Crippen LogP contribution in [0.3, 0.4) is 0 Å². The number of hydrogen-bond donors (Lipinski definition) is 3. The summed E-state index contributed by atoms with van der Waals surface area (Å²) in [7, 11) is 5.17. The van der Waals surface area contributed by atoms with Crippen molar-refractivity contribution >= 4 is 23.2 Å². The molecule has 1 aromatic carbocycles. The van der Waals surface area contributed by atoms with Crippen molar-refractivity contribution in [2.24, 2.45) is 4.99 Å². The van der Waals surface area contributed by atoms with Crippen LogP contribution in [0, 0.1) is 6.92 Å². The van der Waals surface area contributed by atoms with Gasteiger partial charge in [-0.25, -0.2) is 9.98 Å². The number of aryl methyl sites for hydroxylation is 1. The van der Waals surface area contributed by atoms with Gasteiger partial charge in [-0.2, -0.15) is 9.37 Å². The molecule has 0 saturated heterocycles. The van der Waals surface area contributed by atoms with Gasteiger partial charge in [-0.05, 0) is 32.2 Å². The van der Waals surface area contributed by atoms with E-state index in [-0.39, 0.29) is 0 Å². The van der Waals surface area contributed by atoms with Crippen molar-refractivity contribution in [1.29, 1.82) is 0 Å². The van der Waals surface area contributed by atoms with E-state index in [9.17, 15) is 4.39 Å². The average Bonchev–Trinajstić information content (AvgIpc) is 3.02. The molecule has 7 nitrogen and oxygen atoms in total. The van der Waals surface area contributed by atoms with Gasteiger partial charge in [0.1, 0.15) is 11.6 Å². The summed E-state index contributed by atoms with van der Waals surface area (Å²) < 4.78 is 19.5. The van der Waals surface area contributed by atoms with Crippen LogP contribution in [0.2, 0.25) is 0 Å². The Morgan fingerprint density at radius 3 is 2.70 bits per heavy atom. The van der Waals surface area contributed by atoms with E-state index in [2.05, 4.69) is 30.9 Å². The molecule has 142 valence electrons. The van der Waals surface area contributed by atoms with E-state index in [0.717, 1.165) is 22.8 Å². The van der Waals surface area contributed by atoms with E-state index in [0.29, 0.717) is 35.9 Å². The second-order valence-electron chi connectivity index (χ2n) is 6.17. The third kappa shape index (κ3) is 4.22. The zero-order valence-electron chi connectivity index (χ0n) is 15.9. The van der Waals surface area contributed by atoms with Crippen LogP contribution in [0.5, 0.6) is 5.75 Å². The Hall–Kier alpha value is -3.00. The van der Waals surface area contributed by atoms with Crippen molar-refractivity contribution in [3.8, 4) is 5.75 Å². The Bertz CT molecular complexity index is 909. The summed E-state index contributed by atoms with van der Waals surface area (Å²) in [6, 6.07) is 7.41. The summed E-state index contributed by atoms with van der Waals surface area (Å²) in [5.74, 6) is 1.41. The minimum Gasteiger partial charge on any atom is -0.496 e. The van der Waals surface area contributed by atoms with E-state index >= 15 is 0 Å². The molecule has 0 bridgehead atoms. The van der Waals surface area contributed by atoms with Crippen molar-refractivity contribution in [3.63, 3.8) is 0 Å². The topological polar surface area (TPSA) is 83.5 Å². The van der Waals surface area contributed by atoms with Crippen LogP contribution in [0.25, 0.3) is 0 Å². The van der Waals surface area contributed by atoms with E-state index < -0.39 is 5.95 Å². The molecule has 0 spiro atoms. The van der Waals surface area contributed by atoms with Crippen molar-refractivity contribution < 1.29 is 9.13 Å². The Labute approximate surface area is 157 Å². The standard InChI is InChI=1S/C19H23FN6O/c1-11-7-17(22-3)26-19(23-11)24-13-5-6-16(27-4)14(9-13)15-8-12(10-21-2)18(20)25-15/h5-7,9,21H,8,10H2,1-4H3,(H2,22,23,24,26). The maximum absolute atomic E-state index is 14.1. The first-order valence-electron chi connectivity index (χ1n) is 8.62. The number of halogens is 1. The number of hydrogen-bond acceptors (Lipinski definition) is 7. The predicted molar refractivity (Wildman–Crippen MR) is 106 cm³/mol. The quantitative estimate of drug-likeness (QED) is 0.650. The Morgan fingerprint density at radius 1 is 1.19 bits per heavy atom. The lowest BCUT2D eigenvalue weighted by atomic mass is 10.0. The molecule has 2 aromatic rings. The smallest absolute Gasteiger partial charge is 0.229 e. The summed E-state index contributed by atoms with van der Waals surface area (Å²) in [4.78, 5) is 12.9. The van der Waals surface area contributed by atoms with Crippen LogP contribution in [-0.4, -0.2) is 43.4 Å². The zero-order valence-corrected chi connectivity index (χ0v) is 15.9. The predicted octanol–water partition coefficient (Wildman–Crippen LogP) is 3.17. The van der Waals surface area contributed by atoms with Gasteiger partial charge in [0.05, 0.1) is 12.8 Å². The van der Waals surface area contributed by atoms with Gasteiger partial charge < -0.3 is 20.7 Å². The highest BCUT2D eigenvalue weighted by Crippen LogP contribution is 2.31. The number of aliphatic imine (C=N–C) groups is 1. The fourth-order valence-corrected chi connectivity index (χ4v) is 2.91. The summed E-state index contributed by atoms with van der Waals surface area (Å²) in [5, 5.41) is 9.16. The molecule has 3 N–H and O–H groups in total. The number of rotatable bonds is 7. The van der Waals surface area contributed by atoms with Gasteiger partial charge in [0.2, 0.25) is 11.9 Å². The lowest BCUT2D eigenvalue weighted by molar-refractivity contribution is 0.414. The van der Waals surface area contributed by atoms with Crippen LogP contribution in [-0.2, 0) is 0 Å². The van der Waals surface area contributed by atoms with Gasteiger partial charge in [0, 0.05) is 48.6 Å². The van der Waals surface area contributed by atoms with Crippen molar-refractivity contribution in [1.82, 2.24) is 15.3 Å². The normalized spacial score (nSPS) is 13.6. The zero-order chi connectivity index (χ0) is 19.4. The third-order valence-corrected chi connectivity index (χ3v) is 4.17. The van der Waals surface area contributed by atoms with Gasteiger partial charge in [-0.1, -0.05) is 0 Å². The highest BCUT2D eigenvalue weighted by atomic mass is 19.1. The number of ether oxygens (including phenoxy) is 1. The molecule has 1 aromatic heterocycles. The van der Waals surface area contributed by atoms with Crippen LogP contribution < -0.4 is 20.7 Å². The highest BCUT2D eigenvalue weighted by molar-refractivity contribution is 6.06. The Morgan fingerprint density at radius 2 is 2.00 bits per heavy atom. The molecule has 0 unspecified atom stereocenters. The summed E-state index contributed by atoms with van der Waals surface area (Å²) in [6.45, 7) is 2.36. The number of aromatic nitrogens is 2.